The molecule has 146 valence electrons. The standard InChI is InChI=1S/C19H13ClF3NO4/c1-2-27-16-10-12(4-5-14(16)24-17(25)7-8-18(24)26)28-15-6-3-11(9-13(15)20)19(21,22)23/h3-10H,2H2,1H3. The van der Waals surface area contributed by atoms with Crippen LogP contribution in [-0.2, 0) is 15.8 Å². The summed E-state index contributed by atoms with van der Waals surface area (Å²) in [6.45, 7) is 1.97. The first kappa shape index (κ1) is 19.8. The normalized spacial score (nSPS) is 14.0. The van der Waals surface area contributed by atoms with Crippen molar-refractivity contribution >= 4 is 29.1 Å². The molecule has 3 rings (SSSR count). The Bertz CT molecular complexity index is 954. The number of hydrogen-bond donors (Lipinski definition) is 0. The van der Waals surface area contributed by atoms with Gasteiger partial charge in [-0.3, -0.25) is 9.59 Å². The second-order valence-electron chi connectivity index (χ2n) is 5.65. The summed E-state index contributed by atoms with van der Waals surface area (Å²) in [7, 11) is 0. The highest BCUT2D eigenvalue weighted by Crippen LogP contribution is 2.39. The lowest BCUT2D eigenvalue weighted by Gasteiger charge is -2.19. The minimum absolute atomic E-state index is 0.0138. The number of alkyl halides is 3. The Hall–Kier alpha value is -3.00. The number of carbonyl (C=O) groups is 2. The molecule has 0 bridgehead atoms. The van der Waals surface area contributed by atoms with Crippen LogP contribution in [0.1, 0.15) is 12.5 Å². The molecule has 1 heterocycles. The topological polar surface area (TPSA) is 55.8 Å². The van der Waals surface area contributed by atoms with E-state index in [1.54, 1.807) is 6.92 Å². The molecule has 2 amide bonds. The maximum absolute atomic E-state index is 12.7. The maximum atomic E-state index is 12.7. The first-order valence-corrected chi connectivity index (χ1v) is 8.46. The van der Waals surface area contributed by atoms with Crippen LogP contribution in [0.15, 0.2) is 48.6 Å². The average Bonchev–Trinajstić information content (AvgIpc) is 2.95. The molecule has 0 radical (unpaired) electrons. The Kier molecular flexibility index (Phi) is 5.33. The summed E-state index contributed by atoms with van der Waals surface area (Å²) in [5, 5.41) is -0.217. The van der Waals surface area contributed by atoms with Crippen molar-refractivity contribution in [3.05, 3.63) is 59.1 Å². The monoisotopic (exact) mass is 411 g/mol. The van der Waals surface area contributed by atoms with Crippen LogP contribution in [0.3, 0.4) is 0 Å². The van der Waals surface area contributed by atoms with Gasteiger partial charge in [-0.05, 0) is 37.3 Å². The van der Waals surface area contributed by atoms with Gasteiger partial charge in [0.15, 0.2) is 0 Å². The Labute approximate surface area is 162 Å². The molecule has 0 atom stereocenters. The maximum Gasteiger partial charge on any atom is 0.416 e. The fourth-order valence-corrected chi connectivity index (χ4v) is 2.76. The van der Waals surface area contributed by atoms with Gasteiger partial charge in [-0.25, -0.2) is 4.90 Å². The molecule has 0 N–H and O–H groups in total. The Morgan fingerprint density at radius 2 is 1.68 bits per heavy atom. The van der Waals surface area contributed by atoms with E-state index < -0.39 is 23.6 Å². The highest BCUT2D eigenvalue weighted by Gasteiger charge is 2.31. The molecule has 0 aromatic heterocycles. The SMILES string of the molecule is CCOc1cc(Oc2ccc(C(F)(F)F)cc2Cl)ccc1N1C(=O)C=CC1=O. The van der Waals surface area contributed by atoms with Gasteiger partial charge in [0.2, 0.25) is 0 Å². The summed E-state index contributed by atoms with van der Waals surface area (Å²) < 4.78 is 49.3. The van der Waals surface area contributed by atoms with Crippen LogP contribution >= 0.6 is 11.6 Å². The molecule has 0 fully saturated rings. The van der Waals surface area contributed by atoms with Crippen molar-refractivity contribution in [2.45, 2.75) is 13.1 Å². The molecule has 2 aromatic carbocycles. The van der Waals surface area contributed by atoms with Crippen molar-refractivity contribution in [1.82, 2.24) is 0 Å². The summed E-state index contributed by atoms with van der Waals surface area (Å²) in [5.41, 5.74) is -0.665. The van der Waals surface area contributed by atoms with Crippen molar-refractivity contribution in [1.29, 1.82) is 0 Å². The van der Waals surface area contributed by atoms with E-state index in [-0.39, 0.29) is 34.6 Å². The molecule has 0 saturated heterocycles. The summed E-state index contributed by atoms with van der Waals surface area (Å²) in [6, 6.07) is 7.04. The lowest BCUT2D eigenvalue weighted by atomic mass is 10.2. The van der Waals surface area contributed by atoms with Gasteiger partial charge in [0.1, 0.15) is 17.2 Å². The molecule has 9 heteroatoms. The third-order valence-corrected chi connectivity index (χ3v) is 4.06. The first-order chi connectivity index (χ1) is 13.2. The Morgan fingerprint density at radius 1 is 1.00 bits per heavy atom. The summed E-state index contributed by atoms with van der Waals surface area (Å²) in [4.78, 5) is 24.7. The van der Waals surface area contributed by atoms with Crippen molar-refractivity contribution < 1.29 is 32.2 Å². The predicted octanol–water partition coefficient (Wildman–Crippen LogP) is 4.98. The van der Waals surface area contributed by atoms with Gasteiger partial charge in [0.25, 0.3) is 11.8 Å². The van der Waals surface area contributed by atoms with Crippen LogP contribution < -0.4 is 14.4 Å². The number of amides is 2. The minimum Gasteiger partial charge on any atom is -0.492 e. The van der Waals surface area contributed by atoms with Gasteiger partial charge >= 0.3 is 6.18 Å². The fraction of sp³-hybridized carbons (Fsp3) is 0.158. The lowest BCUT2D eigenvalue weighted by Crippen LogP contribution is -2.30. The molecular formula is C19H13ClF3NO4. The highest BCUT2D eigenvalue weighted by molar-refractivity contribution is 6.32. The van der Waals surface area contributed by atoms with Gasteiger partial charge in [-0.15, -0.1) is 0 Å². The first-order valence-electron chi connectivity index (χ1n) is 8.08. The molecule has 1 aliphatic heterocycles. The van der Waals surface area contributed by atoms with E-state index in [2.05, 4.69) is 0 Å². The van der Waals surface area contributed by atoms with Gasteiger partial charge in [0, 0.05) is 18.2 Å². The molecule has 0 spiro atoms. The highest BCUT2D eigenvalue weighted by atomic mass is 35.5. The number of nitrogens with zero attached hydrogens (tertiary/aromatic N) is 1. The van der Waals surface area contributed by atoms with E-state index in [0.717, 1.165) is 35.3 Å². The van der Waals surface area contributed by atoms with Crippen LogP contribution in [0.2, 0.25) is 5.02 Å². The molecule has 2 aromatic rings. The number of imide groups is 1. The zero-order valence-electron chi connectivity index (χ0n) is 14.4. The van der Waals surface area contributed by atoms with Crippen molar-refractivity contribution in [2.75, 3.05) is 11.5 Å². The van der Waals surface area contributed by atoms with Crippen LogP contribution in [-0.4, -0.2) is 18.4 Å². The third-order valence-electron chi connectivity index (χ3n) is 3.77. The van der Waals surface area contributed by atoms with Crippen molar-refractivity contribution in [2.24, 2.45) is 0 Å². The van der Waals surface area contributed by atoms with E-state index in [4.69, 9.17) is 21.1 Å². The number of carbonyl (C=O) groups excluding carboxylic acids is 2. The van der Waals surface area contributed by atoms with E-state index in [1.165, 1.54) is 18.2 Å². The van der Waals surface area contributed by atoms with E-state index in [1.807, 2.05) is 0 Å². The van der Waals surface area contributed by atoms with Gasteiger partial charge < -0.3 is 9.47 Å². The van der Waals surface area contributed by atoms with E-state index >= 15 is 0 Å². The number of rotatable bonds is 5. The molecule has 28 heavy (non-hydrogen) atoms. The van der Waals surface area contributed by atoms with Crippen LogP contribution in [0, 0.1) is 0 Å². The van der Waals surface area contributed by atoms with Crippen LogP contribution in [0.5, 0.6) is 17.2 Å². The predicted molar refractivity (Wildman–Crippen MR) is 95.8 cm³/mol. The summed E-state index contributed by atoms with van der Waals surface area (Å²) >= 11 is 5.90. The lowest BCUT2D eigenvalue weighted by molar-refractivity contribution is -0.137. The quantitative estimate of drug-likeness (QED) is 0.651. The van der Waals surface area contributed by atoms with Crippen LogP contribution in [0.25, 0.3) is 0 Å². The van der Waals surface area contributed by atoms with Gasteiger partial charge in [-0.1, -0.05) is 11.6 Å². The minimum atomic E-state index is -4.52. The van der Waals surface area contributed by atoms with Crippen molar-refractivity contribution in [3.63, 3.8) is 0 Å². The second kappa shape index (κ2) is 7.55. The number of benzene rings is 2. The summed E-state index contributed by atoms with van der Waals surface area (Å²) in [5.74, 6) is -0.593. The molecule has 5 nitrogen and oxygen atoms in total. The number of halogens is 4. The molecule has 0 unspecified atom stereocenters. The zero-order valence-corrected chi connectivity index (χ0v) is 15.2. The van der Waals surface area contributed by atoms with E-state index in [9.17, 15) is 22.8 Å². The van der Waals surface area contributed by atoms with Crippen molar-refractivity contribution in [3.8, 4) is 17.2 Å². The largest absolute Gasteiger partial charge is 0.492 e. The molecule has 0 saturated carbocycles. The Morgan fingerprint density at radius 3 is 2.25 bits per heavy atom. The second-order valence-corrected chi connectivity index (χ2v) is 6.06. The molecular weight excluding hydrogens is 399 g/mol. The third kappa shape index (κ3) is 3.96. The van der Waals surface area contributed by atoms with Crippen LogP contribution in [0.4, 0.5) is 18.9 Å². The molecule has 1 aliphatic rings. The average molecular weight is 412 g/mol. The fourth-order valence-electron chi connectivity index (χ4n) is 2.54. The van der Waals surface area contributed by atoms with E-state index in [0.29, 0.717) is 0 Å². The number of hydrogen-bond acceptors (Lipinski definition) is 4. The summed E-state index contributed by atoms with van der Waals surface area (Å²) in [6.07, 6.45) is -2.23. The Balaban J connectivity index is 1.91. The number of anilines is 1. The van der Waals surface area contributed by atoms with Gasteiger partial charge in [0.05, 0.1) is 22.9 Å². The zero-order chi connectivity index (χ0) is 20.5. The molecule has 0 aliphatic carbocycles. The van der Waals surface area contributed by atoms with Gasteiger partial charge in [-0.2, -0.15) is 13.2 Å². The number of ether oxygens (including phenoxy) is 2. The smallest absolute Gasteiger partial charge is 0.416 e.